The lowest BCUT2D eigenvalue weighted by atomic mass is 9.96. The molecule has 0 fully saturated rings. The minimum atomic E-state index is -0.361. The Kier molecular flexibility index (Phi) is 3.55. The lowest BCUT2D eigenvalue weighted by molar-refractivity contribution is -0.146. The molecule has 0 radical (unpaired) electrons. The van der Waals surface area contributed by atoms with Crippen molar-refractivity contribution in [2.24, 2.45) is 0 Å². The van der Waals surface area contributed by atoms with Crippen LogP contribution < -0.4 is 0 Å². The number of carbonyl (C=O) groups is 2. The Bertz CT molecular complexity index is 487. The molecule has 0 spiro atoms. The average molecular weight is 249 g/mol. The number of aryl methyl sites for hydroxylation is 1. The van der Waals surface area contributed by atoms with Crippen LogP contribution in [0, 0.1) is 6.92 Å². The number of hydrogen-bond donors (Lipinski definition) is 0. The highest BCUT2D eigenvalue weighted by Crippen LogP contribution is 2.28. The van der Waals surface area contributed by atoms with Crippen LogP contribution in [-0.4, -0.2) is 22.9 Å². The second-order valence-corrected chi connectivity index (χ2v) is 4.72. The van der Waals surface area contributed by atoms with Gasteiger partial charge >= 0.3 is 5.97 Å². The number of hydrogen-bond acceptors (Lipinski definition) is 3. The summed E-state index contributed by atoms with van der Waals surface area (Å²) in [6.45, 7) is 5.93. The molecule has 4 heteroatoms. The number of aromatic nitrogens is 1. The van der Waals surface area contributed by atoms with E-state index >= 15 is 0 Å². The van der Waals surface area contributed by atoms with E-state index in [1.807, 2.05) is 24.5 Å². The summed E-state index contributed by atoms with van der Waals surface area (Å²) < 4.78 is 7.00. The van der Waals surface area contributed by atoms with Crippen molar-refractivity contribution in [3.63, 3.8) is 0 Å². The molecule has 0 saturated carbocycles. The van der Waals surface area contributed by atoms with Crippen molar-refractivity contribution in [3.05, 3.63) is 23.0 Å². The predicted octanol–water partition coefficient (Wildman–Crippen LogP) is 2.44. The van der Waals surface area contributed by atoms with Gasteiger partial charge < -0.3 is 9.30 Å². The smallest absolute Gasteiger partial charge is 0.328 e. The Hall–Kier alpha value is -1.58. The quantitative estimate of drug-likeness (QED) is 0.773. The van der Waals surface area contributed by atoms with E-state index in [9.17, 15) is 9.59 Å². The summed E-state index contributed by atoms with van der Waals surface area (Å²) in [5.41, 5.74) is 2.73. The van der Waals surface area contributed by atoms with Gasteiger partial charge in [0.1, 0.15) is 6.04 Å². The van der Waals surface area contributed by atoms with Gasteiger partial charge in [-0.2, -0.15) is 0 Å². The van der Waals surface area contributed by atoms with E-state index in [-0.39, 0.29) is 17.8 Å². The van der Waals surface area contributed by atoms with Gasteiger partial charge in [0.25, 0.3) is 0 Å². The Morgan fingerprint density at radius 2 is 2.22 bits per heavy atom. The van der Waals surface area contributed by atoms with Crippen molar-refractivity contribution < 1.29 is 14.3 Å². The highest BCUT2D eigenvalue weighted by molar-refractivity contribution is 5.98. The number of nitrogens with zero attached hydrogens (tertiary/aromatic N) is 1. The molecule has 2 rings (SSSR count). The number of fused-ring (bicyclic) bond motifs is 1. The fourth-order valence-corrected chi connectivity index (χ4v) is 2.66. The first-order chi connectivity index (χ1) is 8.56. The molecule has 1 heterocycles. The van der Waals surface area contributed by atoms with Crippen molar-refractivity contribution >= 4 is 11.8 Å². The predicted molar refractivity (Wildman–Crippen MR) is 67.8 cm³/mol. The molecule has 1 unspecified atom stereocenters. The summed E-state index contributed by atoms with van der Waals surface area (Å²) >= 11 is 0. The molecule has 1 aromatic heterocycles. The molecule has 1 atom stereocenters. The third kappa shape index (κ3) is 2.07. The summed E-state index contributed by atoms with van der Waals surface area (Å²) in [6, 6.07) is 1.53. The third-order valence-electron chi connectivity index (χ3n) is 3.47. The summed E-state index contributed by atoms with van der Waals surface area (Å²) in [6.07, 6.45) is 2.34. The van der Waals surface area contributed by atoms with E-state index < -0.39 is 0 Å². The number of Topliss-reactive ketones (excluding diaryl/α,β-unsaturated/α-hetero) is 1. The van der Waals surface area contributed by atoms with E-state index in [4.69, 9.17) is 4.74 Å². The Morgan fingerprint density at radius 3 is 2.89 bits per heavy atom. The van der Waals surface area contributed by atoms with E-state index in [0.29, 0.717) is 13.0 Å². The molecule has 1 aromatic rings. The number of ketones is 1. The Morgan fingerprint density at radius 1 is 1.50 bits per heavy atom. The van der Waals surface area contributed by atoms with Crippen LogP contribution >= 0.6 is 0 Å². The highest BCUT2D eigenvalue weighted by Gasteiger charge is 2.27. The number of rotatable bonds is 3. The van der Waals surface area contributed by atoms with Crippen molar-refractivity contribution in [3.8, 4) is 0 Å². The van der Waals surface area contributed by atoms with Gasteiger partial charge in [-0.25, -0.2) is 4.79 Å². The monoisotopic (exact) mass is 249 g/mol. The first-order valence-electron chi connectivity index (χ1n) is 6.46. The fraction of sp³-hybridized carbons (Fsp3) is 0.571. The van der Waals surface area contributed by atoms with E-state index in [2.05, 4.69) is 0 Å². The van der Waals surface area contributed by atoms with Gasteiger partial charge in [-0.3, -0.25) is 4.79 Å². The molecule has 0 amide bonds. The van der Waals surface area contributed by atoms with Crippen molar-refractivity contribution in [1.29, 1.82) is 0 Å². The van der Waals surface area contributed by atoms with Gasteiger partial charge in [0.15, 0.2) is 5.78 Å². The van der Waals surface area contributed by atoms with Crippen LogP contribution in [0.25, 0.3) is 0 Å². The van der Waals surface area contributed by atoms with Crippen molar-refractivity contribution in [2.45, 2.75) is 46.1 Å². The van der Waals surface area contributed by atoms with Gasteiger partial charge in [-0.15, -0.1) is 0 Å². The molecular weight excluding hydrogens is 230 g/mol. The van der Waals surface area contributed by atoms with Gasteiger partial charge in [0.2, 0.25) is 0 Å². The SMILES string of the molecule is CCOC(=O)C(C)n1c(C)cc2c1CCCC2=O. The van der Waals surface area contributed by atoms with Crippen LogP contribution in [0.1, 0.15) is 54.5 Å². The normalized spacial score (nSPS) is 16.3. The lowest BCUT2D eigenvalue weighted by Gasteiger charge is -2.20. The molecule has 1 aliphatic carbocycles. The van der Waals surface area contributed by atoms with Crippen LogP contribution in [0.15, 0.2) is 6.07 Å². The van der Waals surface area contributed by atoms with E-state index in [1.165, 1.54) is 0 Å². The maximum absolute atomic E-state index is 11.8. The van der Waals surface area contributed by atoms with Crippen molar-refractivity contribution in [2.75, 3.05) is 6.61 Å². The number of carbonyl (C=O) groups excluding carboxylic acids is 2. The number of ether oxygens (including phenoxy) is 1. The molecule has 0 N–H and O–H groups in total. The van der Waals surface area contributed by atoms with E-state index in [0.717, 1.165) is 29.8 Å². The Balaban J connectivity index is 2.39. The fourth-order valence-electron chi connectivity index (χ4n) is 2.66. The molecule has 0 aliphatic heterocycles. The molecule has 0 bridgehead atoms. The molecule has 18 heavy (non-hydrogen) atoms. The minimum absolute atomic E-state index is 0.189. The molecular formula is C14H19NO3. The van der Waals surface area contributed by atoms with Crippen LogP contribution in [0.4, 0.5) is 0 Å². The average Bonchev–Trinajstić information content (AvgIpc) is 2.66. The first-order valence-corrected chi connectivity index (χ1v) is 6.46. The summed E-state index contributed by atoms with van der Waals surface area (Å²) in [7, 11) is 0. The lowest BCUT2D eigenvalue weighted by Crippen LogP contribution is -2.23. The van der Waals surface area contributed by atoms with Crippen LogP contribution in [0.2, 0.25) is 0 Å². The van der Waals surface area contributed by atoms with Gasteiger partial charge in [-0.1, -0.05) is 0 Å². The zero-order valence-corrected chi connectivity index (χ0v) is 11.2. The van der Waals surface area contributed by atoms with Crippen LogP contribution in [0.3, 0.4) is 0 Å². The molecule has 0 aromatic carbocycles. The van der Waals surface area contributed by atoms with Crippen LogP contribution in [0.5, 0.6) is 0 Å². The molecule has 1 aliphatic rings. The van der Waals surface area contributed by atoms with Crippen molar-refractivity contribution in [1.82, 2.24) is 4.57 Å². The molecule has 0 saturated heterocycles. The zero-order valence-electron chi connectivity index (χ0n) is 11.2. The maximum Gasteiger partial charge on any atom is 0.328 e. The summed E-state index contributed by atoms with van der Waals surface area (Å²) in [5.74, 6) is -0.0498. The third-order valence-corrected chi connectivity index (χ3v) is 3.47. The highest BCUT2D eigenvalue weighted by atomic mass is 16.5. The molecule has 4 nitrogen and oxygen atoms in total. The summed E-state index contributed by atoms with van der Waals surface area (Å²) in [4.78, 5) is 23.7. The topological polar surface area (TPSA) is 48.3 Å². The van der Waals surface area contributed by atoms with Gasteiger partial charge in [0.05, 0.1) is 6.61 Å². The summed E-state index contributed by atoms with van der Waals surface area (Å²) in [5, 5.41) is 0. The van der Waals surface area contributed by atoms with E-state index in [1.54, 1.807) is 6.92 Å². The second-order valence-electron chi connectivity index (χ2n) is 4.72. The minimum Gasteiger partial charge on any atom is -0.464 e. The maximum atomic E-state index is 11.8. The standard InChI is InChI=1S/C14H19NO3/c1-4-18-14(17)10(3)15-9(2)8-11-12(15)6-5-7-13(11)16/h8,10H,4-7H2,1-3H3. The second kappa shape index (κ2) is 4.96. The zero-order chi connectivity index (χ0) is 13.3. The molecule has 98 valence electrons. The Labute approximate surface area is 107 Å². The van der Waals surface area contributed by atoms with Gasteiger partial charge in [0, 0.05) is 23.4 Å². The largest absolute Gasteiger partial charge is 0.464 e. The number of esters is 1. The van der Waals surface area contributed by atoms with Crippen LogP contribution in [-0.2, 0) is 16.0 Å². The van der Waals surface area contributed by atoms with Gasteiger partial charge in [-0.05, 0) is 39.7 Å². The first kappa shape index (κ1) is 12.9.